The largest absolute Gasteiger partial charge is 0.481 e. The lowest BCUT2D eigenvalue weighted by atomic mass is 9.78. The summed E-state index contributed by atoms with van der Waals surface area (Å²) >= 11 is 11.9. The van der Waals surface area contributed by atoms with E-state index in [1.54, 1.807) is 18.2 Å². The van der Waals surface area contributed by atoms with Gasteiger partial charge in [0.1, 0.15) is 0 Å². The maximum atomic E-state index is 12.3. The average Bonchev–Trinajstić information content (AvgIpc) is 2.43. The monoisotopic (exact) mass is 315 g/mol. The second-order valence-electron chi connectivity index (χ2n) is 4.93. The number of carbonyl (C=O) groups excluding carboxylic acids is 1. The first-order valence-corrected chi connectivity index (χ1v) is 7.24. The van der Waals surface area contributed by atoms with E-state index in [-0.39, 0.29) is 10.9 Å². The molecule has 6 heteroatoms. The number of carbonyl (C=O) groups is 2. The van der Waals surface area contributed by atoms with E-state index >= 15 is 0 Å². The van der Waals surface area contributed by atoms with Crippen molar-refractivity contribution in [2.45, 2.75) is 25.7 Å². The normalized spacial score (nSPS) is 22.3. The van der Waals surface area contributed by atoms with Gasteiger partial charge in [-0.15, -0.1) is 0 Å². The van der Waals surface area contributed by atoms with Crippen LogP contribution in [-0.2, 0) is 9.59 Å². The first-order chi connectivity index (χ1) is 9.50. The third kappa shape index (κ3) is 3.25. The van der Waals surface area contributed by atoms with Gasteiger partial charge >= 0.3 is 5.97 Å². The van der Waals surface area contributed by atoms with Gasteiger partial charge in [-0.3, -0.25) is 9.59 Å². The average molecular weight is 316 g/mol. The summed E-state index contributed by atoms with van der Waals surface area (Å²) in [6.45, 7) is 0. The van der Waals surface area contributed by atoms with Gasteiger partial charge in [-0.1, -0.05) is 42.1 Å². The Labute approximate surface area is 127 Å². The van der Waals surface area contributed by atoms with Gasteiger partial charge in [-0.25, -0.2) is 0 Å². The van der Waals surface area contributed by atoms with Crippen molar-refractivity contribution in [2.24, 2.45) is 11.8 Å². The Hall–Kier alpha value is -1.26. The lowest BCUT2D eigenvalue weighted by Crippen LogP contribution is -2.36. The molecule has 1 aromatic rings. The molecule has 4 nitrogen and oxygen atoms in total. The molecule has 1 aromatic carbocycles. The van der Waals surface area contributed by atoms with Crippen molar-refractivity contribution in [3.8, 4) is 0 Å². The summed E-state index contributed by atoms with van der Waals surface area (Å²) in [5, 5.41) is 12.5. The molecule has 0 radical (unpaired) electrons. The maximum Gasteiger partial charge on any atom is 0.307 e. The van der Waals surface area contributed by atoms with Gasteiger partial charge in [0.15, 0.2) is 0 Å². The van der Waals surface area contributed by atoms with Crippen molar-refractivity contribution in [1.82, 2.24) is 0 Å². The van der Waals surface area contributed by atoms with Gasteiger partial charge in [0.05, 0.1) is 27.6 Å². The standard InChI is InChI=1S/C14H15Cl2NO3/c15-10-6-3-7-11(12(10)16)17-13(18)8-4-1-2-5-9(8)14(19)20/h3,6-9H,1-2,4-5H2,(H,17,18)(H,19,20)/t8-,9+/m1/s1. The van der Waals surface area contributed by atoms with Crippen LogP contribution in [0.25, 0.3) is 0 Å². The molecule has 108 valence electrons. The topological polar surface area (TPSA) is 66.4 Å². The van der Waals surface area contributed by atoms with Gasteiger partial charge in [0, 0.05) is 0 Å². The molecule has 1 amide bonds. The van der Waals surface area contributed by atoms with E-state index in [2.05, 4.69) is 5.32 Å². The zero-order chi connectivity index (χ0) is 14.7. The summed E-state index contributed by atoms with van der Waals surface area (Å²) in [5.41, 5.74) is 0.416. The second kappa shape index (κ2) is 6.46. The van der Waals surface area contributed by atoms with Gasteiger partial charge in [-0.2, -0.15) is 0 Å². The Kier molecular flexibility index (Phi) is 4.89. The van der Waals surface area contributed by atoms with E-state index in [0.717, 1.165) is 12.8 Å². The van der Waals surface area contributed by atoms with Crippen molar-refractivity contribution in [2.75, 3.05) is 5.32 Å². The highest BCUT2D eigenvalue weighted by atomic mass is 35.5. The van der Waals surface area contributed by atoms with E-state index in [4.69, 9.17) is 23.2 Å². The molecule has 0 heterocycles. The number of halogens is 2. The second-order valence-corrected chi connectivity index (χ2v) is 5.71. The maximum absolute atomic E-state index is 12.3. The van der Waals surface area contributed by atoms with Crippen molar-refractivity contribution in [1.29, 1.82) is 0 Å². The number of carboxylic acid groups (broad SMARTS) is 1. The number of aliphatic carboxylic acids is 1. The molecular weight excluding hydrogens is 301 g/mol. The lowest BCUT2D eigenvalue weighted by molar-refractivity contribution is -0.147. The first-order valence-electron chi connectivity index (χ1n) is 6.48. The van der Waals surface area contributed by atoms with Crippen LogP contribution in [0, 0.1) is 11.8 Å². The highest BCUT2D eigenvalue weighted by Gasteiger charge is 2.35. The molecule has 2 atom stereocenters. The number of amides is 1. The van der Waals surface area contributed by atoms with Crippen LogP contribution in [0.2, 0.25) is 10.0 Å². The summed E-state index contributed by atoms with van der Waals surface area (Å²) in [6, 6.07) is 4.95. The third-order valence-electron chi connectivity index (χ3n) is 3.63. The van der Waals surface area contributed by atoms with Crippen molar-refractivity contribution < 1.29 is 14.7 Å². The highest BCUT2D eigenvalue weighted by molar-refractivity contribution is 6.44. The molecule has 0 saturated heterocycles. The van der Waals surface area contributed by atoms with Crippen LogP contribution in [0.5, 0.6) is 0 Å². The fraction of sp³-hybridized carbons (Fsp3) is 0.429. The molecule has 0 unspecified atom stereocenters. The highest BCUT2D eigenvalue weighted by Crippen LogP contribution is 2.33. The zero-order valence-corrected chi connectivity index (χ0v) is 12.2. The molecule has 0 spiro atoms. The van der Waals surface area contributed by atoms with Crippen LogP contribution in [0.3, 0.4) is 0 Å². The number of nitrogens with one attached hydrogen (secondary N) is 1. The van der Waals surface area contributed by atoms with Crippen molar-refractivity contribution in [3.63, 3.8) is 0 Å². The van der Waals surface area contributed by atoms with Gasteiger partial charge < -0.3 is 10.4 Å². The van der Waals surface area contributed by atoms with Gasteiger partial charge in [0.2, 0.25) is 5.91 Å². The van der Waals surface area contributed by atoms with Crippen molar-refractivity contribution >= 4 is 40.8 Å². The van der Waals surface area contributed by atoms with Crippen LogP contribution in [0.1, 0.15) is 25.7 Å². The molecule has 0 aliphatic heterocycles. The Morgan fingerprint density at radius 2 is 1.80 bits per heavy atom. The van der Waals surface area contributed by atoms with Crippen LogP contribution < -0.4 is 5.32 Å². The minimum atomic E-state index is -0.915. The van der Waals surface area contributed by atoms with Crippen LogP contribution in [0.4, 0.5) is 5.69 Å². The minimum Gasteiger partial charge on any atom is -0.481 e. The number of hydrogen-bond acceptors (Lipinski definition) is 2. The quantitative estimate of drug-likeness (QED) is 0.891. The molecular formula is C14H15Cl2NO3. The lowest BCUT2D eigenvalue weighted by Gasteiger charge is -2.27. The fourth-order valence-corrected chi connectivity index (χ4v) is 2.91. The van der Waals surface area contributed by atoms with E-state index in [1.165, 1.54) is 0 Å². The van der Waals surface area contributed by atoms with E-state index in [0.29, 0.717) is 23.6 Å². The zero-order valence-electron chi connectivity index (χ0n) is 10.7. The van der Waals surface area contributed by atoms with E-state index in [9.17, 15) is 14.7 Å². The number of hydrogen-bond donors (Lipinski definition) is 2. The first kappa shape index (κ1) is 15.1. The molecule has 1 fully saturated rings. The number of rotatable bonds is 3. The summed E-state index contributed by atoms with van der Waals surface area (Å²) < 4.78 is 0. The molecule has 2 rings (SSSR count). The summed E-state index contributed by atoms with van der Waals surface area (Å²) in [5.74, 6) is -2.36. The number of carboxylic acids is 1. The number of anilines is 1. The van der Waals surface area contributed by atoms with Gasteiger partial charge in [-0.05, 0) is 25.0 Å². The SMILES string of the molecule is O=C(O)[C@H]1CCCC[C@H]1C(=O)Nc1cccc(Cl)c1Cl. The Balaban J connectivity index is 2.14. The Morgan fingerprint density at radius 3 is 2.45 bits per heavy atom. The Morgan fingerprint density at radius 1 is 1.15 bits per heavy atom. The molecule has 2 N–H and O–H groups in total. The van der Waals surface area contributed by atoms with Crippen LogP contribution in [-0.4, -0.2) is 17.0 Å². The third-order valence-corrected chi connectivity index (χ3v) is 4.45. The Bertz CT molecular complexity index is 533. The van der Waals surface area contributed by atoms with Gasteiger partial charge in [0.25, 0.3) is 0 Å². The minimum absolute atomic E-state index is 0.269. The molecule has 1 aliphatic rings. The summed E-state index contributed by atoms with van der Waals surface area (Å²) in [7, 11) is 0. The predicted octanol–water partition coefficient (Wildman–Crippen LogP) is 3.82. The van der Waals surface area contributed by atoms with E-state index in [1.807, 2.05) is 0 Å². The predicted molar refractivity (Wildman–Crippen MR) is 78.2 cm³/mol. The molecule has 1 aliphatic carbocycles. The molecule has 20 heavy (non-hydrogen) atoms. The smallest absolute Gasteiger partial charge is 0.307 e. The summed E-state index contributed by atoms with van der Waals surface area (Å²) in [6.07, 6.45) is 2.83. The molecule has 0 aromatic heterocycles. The molecule has 0 bridgehead atoms. The van der Waals surface area contributed by atoms with E-state index < -0.39 is 17.8 Å². The van der Waals surface area contributed by atoms with Crippen molar-refractivity contribution in [3.05, 3.63) is 28.2 Å². The van der Waals surface area contributed by atoms with Crippen LogP contribution >= 0.6 is 23.2 Å². The molecule has 1 saturated carbocycles. The number of benzene rings is 1. The summed E-state index contributed by atoms with van der Waals surface area (Å²) in [4.78, 5) is 23.5. The van der Waals surface area contributed by atoms with Crippen LogP contribution in [0.15, 0.2) is 18.2 Å². The fourth-order valence-electron chi connectivity index (χ4n) is 2.57.